The van der Waals surface area contributed by atoms with Gasteiger partial charge < -0.3 is 9.84 Å². The minimum Gasteiger partial charge on any atom is -0.469 e. The molecule has 0 aromatic rings. The highest BCUT2D eigenvalue weighted by molar-refractivity contribution is 7.99. The Balaban J connectivity index is 2.31. The number of ether oxygens (including phenoxy) is 1. The molecule has 1 rings (SSSR count). The van der Waals surface area contributed by atoms with Crippen LogP contribution in [0.2, 0.25) is 0 Å². The molecule has 0 amide bonds. The van der Waals surface area contributed by atoms with Crippen molar-refractivity contribution in [3.05, 3.63) is 0 Å². The van der Waals surface area contributed by atoms with Crippen molar-refractivity contribution < 1.29 is 14.6 Å². The molecule has 1 aliphatic heterocycles. The molecule has 0 aromatic heterocycles. The number of hydrogen-bond donors (Lipinski definition) is 1. The van der Waals surface area contributed by atoms with Crippen LogP contribution >= 0.6 is 11.8 Å². The molecule has 0 aliphatic carbocycles. The molecular weight excluding hydrogens is 200 g/mol. The second kappa shape index (κ2) is 5.61. The summed E-state index contributed by atoms with van der Waals surface area (Å²) in [6.07, 6.45) is 1.25. The lowest BCUT2D eigenvalue weighted by Crippen LogP contribution is -2.26. The molecule has 4 heteroatoms. The third kappa shape index (κ3) is 3.17. The van der Waals surface area contributed by atoms with Crippen molar-refractivity contribution in [2.75, 3.05) is 18.6 Å². The molecule has 1 N–H and O–H groups in total. The summed E-state index contributed by atoms with van der Waals surface area (Å²) in [4.78, 5) is 11.1. The maximum atomic E-state index is 11.1. The van der Waals surface area contributed by atoms with Gasteiger partial charge in [0.1, 0.15) is 0 Å². The number of carbonyl (C=O) groups excluding carboxylic acids is 1. The molecule has 0 spiro atoms. The van der Waals surface area contributed by atoms with Gasteiger partial charge in [-0.1, -0.05) is 6.92 Å². The van der Waals surface area contributed by atoms with Gasteiger partial charge in [0.2, 0.25) is 0 Å². The lowest BCUT2D eigenvalue weighted by atomic mass is 9.93. The summed E-state index contributed by atoms with van der Waals surface area (Å²) in [6, 6.07) is 0. The van der Waals surface area contributed by atoms with Gasteiger partial charge in [-0.3, -0.25) is 4.79 Å². The highest BCUT2D eigenvalue weighted by Gasteiger charge is 2.27. The summed E-state index contributed by atoms with van der Waals surface area (Å²) >= 11 is 1.88. The van der Waals surface area contributed by atoms with E-state index in [1.165, 1.54) is 7.11 Å². The van der Waals surface area contributed by atoms with E-state index in [0.717, 1.165) is 17.9 Å². The van der Waals surface area contributed by atoms with Gasteiger partial charge in [0.25, 0.3) is 0 Å². The molecule has 0 bridgehead atoms. The van der Waals surface area contributed by atoms with Crippen molar-refractivity contribution in [3.63, 3.8) is 0 Å². The predicted octanol–water partition coefficient (Wildman–Crippen LogP) is 1.30. The first kappa shape index (κ1) is 11.9. The molecule has 3 unspecified atom stereocenters. The minimum absolute atomic E-state index is 0.194. The summed E-state index contributed by atoms with van der Waals surface area (Å²) in [5.41, 5.74) is 0. The summed E-state index contributed by atoms with van der Waals surface area (Å²) in [6.45, 7) is 1.80. The van der Waals surface area contributed by atoms with E-state index in [-0.39, 0.29) is 18.0 Å². The van der Waals surface area contributed by atoms with Crippen LogP contribution in [0.5, 0.6) is 0 Å². The van der Waals surface area contributed by atoms with Crippen molar-refractivity contribution in [3.8, 4) is 0 Å². The molecule has 1 heterocycles. The first-order chi connectivity index (χ1) is 6.65. The van der Waals surface area contributed by atoms with Crippen molar-refractivity contribution in [1.29, 1.82) is 0 Å². The van der Waals surface area contributed by atoms with E-state index in [1.54, 1.807) is 6.92 Å². The average molecular weight is 218 g/mol. The number of thioether (sulfide) groups is 1. The molecule has 1 saturated heterocycles. The number of aliphatic hydroxyl groups is 1. The highest BCUT2D eigenvalue weighted by Crippen LogP contribution is 2.28. The third-order valence-electron chi connectivity index (χ3n) is 2.71. The van der Waals surface area contributed by atoms with Gasteiger partial charge in [0.15, 0.2) is 0 Å². The van der Waals surface area contributed by atoms with E-state index in [9.17, 15) is 9.90 Å². The van der Waals surface area contributed by atoms with E-state index in [0.29, 0.717) is 12.3 Å². The number of carbonyl (C=O) groups is 1. The monoisotopic (exact) mass is 218 g/mol. The zero-order valence-electron chi connectivity index (χ0n) is 8.73. The van der Waals surface area contributed by atoms with Crippen LogP contribution in [0.25, 0.3) is 0 Å². The van der Waals surface area contributed by atoms with Crippen LogP contribution in [0, 0.1) is 11.8 Å². The summed E-state index contributed by atoms with van der Waals surface area (Å²) in [5, 5.41) is 9.84. The van der Waals surface area contributed by atoms with Gasteiger partial charge in [0, 0.05) is 0 Å². The molecule has 3 nitrogen and oxygen atoms in total. The fraction of sp³-hybridized carbons (Fsp3) is 0.900. The second-order valence-electron chi connectivity index (χ2n) is 3.85. The van der Waals surface area contributed by atoms with Crippen molar-refractivity contribution in [1.82, 2.24) is 0 Å². The Morgan fingerprint density at radius 2 is 2.43 bits per heavy atom. The number of rotatable bonds is 4. The van der Waals surface area contributed by atoms with Crippen LogP contribution in [0.15, 0.2) is 0 Å². The molecule has 0 aromatic carbocycles. The topological polar surface area (TPSA) is 46.5 Å². The summed E-state index contributed by atoms with van der Waals surface area (Å²) < 4.78 is 4.62. The Hall–Kier alpha value is -0.220. The maximum Gasteiger partial charge on any atom is 0.308 e. The lowest BCUT2D eigenvalue weighted by molar-refractivity contribution is -0.146. The maximum absolute atomic E-state index is 11.1. The van der Waals surface area contributed by atoms with Gasteiger partial charge >= 0.3 is 5.97 Å². The number of aliphatic hydroxyl groups excluding tert-OH is 1. The van der Waals surface area contributed by atoms with Crippen LogP contribution in [-0.4, -0.2) is 35.8 Å². The van der Waals surface area contributed by atoms with Crippen LogP contribution in [0.3, 0.4) is 0 Å². The smallest absolute Gasteiger partial charge is 0.308 e. The molecule has 0 radical (unpaired) electrons. The van der Waals surface area contributed by atoms with Gasteiger partial charge in [-0.05, 0) is 30.3 Å². The summed E-state index contributed by atoms with van der Waals surface area (Å²) in [7, 11) is 1.39. The molecule has 1 aliphatic rings. The molecule has 0 saturated carbocycles. The molecule has 82 valence electrons. The average Bonchev–Trinajstić information content (AvgIpc) is 2.69. The van der Waals surface area contributed by atoms with Crippen molar-refractivity contribution >= 4 is 17.7 Å². The zero-order valence-corrected chi connectivity index (χ0v) is 9.55. The van der Waals surface area contributed by atoms with Gasteiger partial charge in [-0.25, -0.2) is 0 Å². The normalized spacial score (nSPS) is 25.8. The fourth-order valence-corrected chi connectivity index (χ4v) is 3.04. The second-order valence-corrected chi connectivity index (χ2v) is 5.00. The first-order valence-corrected chi connectivity index (χ1v) is 6.14. The zero-order chi connectivity index (χ0) is 10.6. The van der Waals surface area contributed by atoms with E-state index in [4.69, 9.17) is 0 Å². The van der Waals surface area contributed by atoms with E-state index in [2.05, 4.69) is 4.74 Å². The number of esters is 1. The fourth-order valence-electron chi connectivity index (χ4n) is 1.71. The van der Waals surface area contributed by atoms with Gasteiger partial charge in [-0.15, -0.1) is 0 Å². The lowest BCUT2D eigenvalue weighted by Gasteiger charge is -2.19. The highest BCUT2D eigenvalue weighted by atomic mass is 32.2. The van der Waals surface area contributed by atoms with Crippen LogP contribution in [-0.2, 0) is 9.53 Å². The van der Waals surface area contributed by atoms with Crippen LogP contribution in [0.1, 0.15) is 19.8 Å². The Morgan fingerprint density at radius 3 is 2.93 bits per heavy atom. The third-order valence-corrected chi connectivity index (χ3v) is 3.90. The van der Waals surface area contributed by atoms with Crippen LogP contribution < -0.4 is 0 Å². The van der Waals surface area contributed by atoms with E-state index in [1.807, 2.05) is 11.8 Å². The Bertz CT molecular complexity index is 190. The molecule has 3 atom stereocenters. The number of hydrogen-bond acceptors (Lipinski definition) is 4. The molecule has 1 fully saturated rings. The summed E-state index contributed by atoms with van der Waals surface area (Å²) in [5.74, 6) is 2.10. The Labute approximate surface area is 89.2 Å². The Morgan fingerprint density at radius 1 is 1.71 bits per heavy atom. The Kier molecular flexibility index (Phi) is 4.75. The molecule has 14 heavy (non-hydrogen) atoms. The standard InChI is InChI=1S/C10H18O3S/c1-7(10(12)13-2)5-9(11)8-3-4-14-6-8/h7-9,11H,3-6H2,1-2H3. The SMILES string of the molecule is COC(=O)C(C)CC(O)C1CCSC1. The van der Waals surface area contributed by atoms with Crippen LogP contribution in [0.4, 0.5) is 0 Å². The van der Waals surface area contributed by atoms with Gasteiger partial charge in [-0.2, -0.15) is 11.8 Å². The van der Waals surface area contributed by atoms with Crippen molar-refractivity contribution in [2.45, 2.75) is 25.9 Å². The minimum atomic E-state index is -0.348. The quantitative estimate of drug-likeness (QED) is 0.722. The van der Waals surface area contributed by atoms with Gasteiger partial charge in [0.05, 0.1) is 19.1 Å². The molecular formula is C10H18O3S. The van der Waals surface area contributed by atoms with E-state index < -0.39 is 0 Å². The largest absolute Gasteiger partial charge is 0.469 e. The number of methoxy groups -OCH3 is 1. The van der Waals surface area contributed by atoms with Crippen molar-refractivity contribution in [2.24, 2.45) is 11.8 Å². The predicted molar refractivity (Wildman–Crippen MR) is 57.2 cm³/mol. The van der Waals surface area contributed by atoms with E-state index >= 15 is 0 Å². The first-order valence-electron chi connectivity index (χ1n) is 4.98.